The highest BCUT2D eigenvalue weighted by molar-refractivity contribution is 5.88. The molecule has 0 saturated carbocycles. The van der Waals surface area contributed by atoms with Crippen LogP contribution in [0.1, 0.15) is 23.0 Å². The fraction of sp³-hybridized carbons (Fsp3) is 0.273. The Bertz CT molecular complexity index is 562. The average Bonchev–Trinajstić information content (AvgIpc) is 2.75. The van der Waals surface area contributed by atoms with Crippen molar-refractivity contribution < 1.29 is 9.90 Å². The molecule has 0 fully saturated rings. The van der Waals surface area contributed by atoms with E-state index < -0.39 is 5.97 Å². The standard InChI is InChI=1S/C11H12N4O2/c1-3-9-8(11(16)17)5-12-10(14-9)7-4-13-15(2)6-7/h4-6H,3H2,1-2H3,(H,16,17). The van der Waals surface area contributed by atoms with Crippen LogP contribution in [0, 0.1) is 0 Å². The summed E-state index contributed by atoms with van der Waals surface area (Å²) in [6.45, 7) is 1.86. The Morgan fingerprint density at radius 3 is 2.76 bits per heavy atom. The smallest absolute Gasteiger partial charge is 0.339 e. The summed E-state index contributed by atoms with van der Waals surface area (Å²) in [7, 11) is 1.80. The second kappa shape index (κ2) is 4.32. The second-order valence-electron chi connectivity index (χ2n) is 3.62. The van der Waals surface area contributed by atoms with Gasteiger partial charge in [-0.15, -0.1) is 0 Å². The van der Waals surface area contributed by atoms with Crippen molar-refractivity contribution in [2.24, 2.45) is 7.05 Å². The second-order valence-corrected chi connectivity index (χ2v) is 3.62. The van der Waals surface area contributed by atoms with Crippen LogP contribution in [0.2, 0.25) is 0 Å². The van der Waals surface area contributed by atoms with Gasteiger partial charge in [0.15, 0.2) is 5.82 Å². The molecule has 0 atom stereocenters. The molecule has 0 radical (unpaired) electrons. The minimum atomic E-state index is -1.00. The third-order valence-electron chi connectivity index (χ3n) is 2.40. The van der Waals surface area contributed by atoms with Gasteiger partial charge in [0.2, 0.25) is 0 Å². The van der Waals surface area contributed by atoms with Crippen LogP contribution in [0.5, 0.6) is 0 Å². The first-order chi connectivity index (χ1) is 8.11. The van der Waals surface area contributed by atoms with Crippen molar-refractivity contribution in [3.05, 3.63) is 29.8 Å². The molecule has 1 N–H and O–H groups in total. The van der Waals surface area contributed by atoms with Crippen molar-refractivity contribution in [1.29, 1.82) is 0 Å². The number of hydrogen-bond acceptors (Lipinski definition) is 4. The van der Waals surface area contributed by atoms with Gasteiger partial charge in [0.05, 0.1) is 23.0 Å². The Balaban J connectivity index is 2.48. The monoisotopic (exact) mass is 232 g/mol. The number of aryl methyl sites for hydroxylation is 2. The highest BCUT2D eigenvalue weighted by Gasteiger charge is 2.13. The zero-order valence-electron chi connectivity index (χ0n) is 9.58. The van der Waals surface area contributed by atoms with E-state index >= 15 is 0 Å². The van der Waals surface area contributed by atoms with Crippen LogP contribution in [0.3, 0.4) is 0 Å². The molecule has 88 valence electrons. The first kappa shape index (κ1) is 11.3. The summed E-state index contributed by atoms with van der Waals surface area (Å²) in [4.78, 5) is 19.2. The van der Waals surface area contributed by atoms with Crippen LogP contribution in [0.15, 0.2) is 18.6 Å². The summed E-state index contributed by atoms with van der Waals surface area (Å²) in [5, 5.41) is 13.0. The van der Waals surface area contributed by atoms with Crippen LogP contribution >= 0.6 is 0 Å². The molecule has 0 spiro atoms. The van der Waals surface area contributed by atoms with Crippen molar-refractivity contribution in [3.8, 4) is 11.4 Å². The van der Waals surface area contributed by atoms with Crippen LogP contribution < -0.4 is 0 Å². The van der Waals surface area contributed by atoms with Gasteiger partial charge in [-0.25, -0.2) is 14.8 Å². The first-order valence-electron chi connectivity index (χ1n) is 5.20. The lowest BCUT2D eigenvalue weighted by atomic mass is 10.2. The number of nitrogens with zero attached hydrogens (tertiary/aromatic N) is 4. The molecule has 2 aromatic rings. The lowest BCUT2D eigenvalue weighted by molar-refractivity contribution is 0.0694. The summed E-state index contributed by atoms with van der Waals surface area (Å²) in [5.74, 6) is -0.500. The Morgan fingerprint density at radius 2 is 2.24 bits per heavy atom. The van der Waals surface area contributed by atoms with Crippen LogP contribution in [0.25, 0.3) is 11.4 Å². The molecule has 6 heteroatoms. The van der Waals surface area contributed by atoms with Gasteiger partial charge in [0, 0.05) is 19.4 Å². The quantitative estimate of drug-likeness (QED) is 0.858. The first-order valence-corrected chi connectivity index (χ1v) is 5.20. The molecule has 0 saturated heterocycles. The third-order valence-corrected chi connectivity index (χ3v) is 2.40. The number of hydrogen-bond donors (Lipinski definition) is 1. The molecule has 0 aliphatic carbocycles. The number of carbonyl (C=O) groups is 1. The number of carboxylic acids is 1. The van der Waals surface area contributed by atoms with E-state index in [0.29, 0.717) is 17.9 Å². The van der Waals surface area contributed by atoms with Gasteiger partial charge < -0.3 is 5.11 Å². The zero-order chi connectivity index (χ0) is 12.4. The predicted octanol–water partition coefficient (Wildman–Crippen LogP) is 1.14. The van der Waals surface area contributed by atoms with Crippen molar-refractivity contribution in [2.75, 3.05) is 0 Å². The van der Waals surface area contributed by atoms with Crippen molar-refractivity contribution >= 4 is 5.97 Å². The Labute approximate surface area is 98.0 Å². The molecular weight excluding hydrogens is 220 g/mol. The van der Waals surface area contributed by atoms with Gasteiger partial charge in [0.1, 0.15) is 0 Å². The van der Waals surface area contributed by atoms with Crippen LogP contribution in [-0.4, -0.2) is 30.8 Å². The van der Waals surface area contributed by atoms with E-state index in [1.54, 1.807) is 24.1 Å². The fourth-order valence-electron chi connectivity index (χ4n) is 1.54. The lowest BCUT2D eigenvalue weighted by Gasteiger charge is -2.03. The summed E-state index contributed by atoms with van der Waals surface area (Å²) in [5.41, 5.74) is 1.46. The molecule has 0 unspecified atom stereocenters. The maximum Gasteiger partial charge on any atom is 0.339 e. The summed E-state index contributed by atoms with van der Waals surface area (Å²) >= 11 is 0. The topological polar surface area (TPSA) is 80.9 Å². The zero-order valence-corrected chi connectivity index (χ0v) is 9.58. The molecular formula is C11H12N4O2. The SMILES string of the molecule is CCc1nc(-c2cnn(C)c2)ncc1C(=O)O. The van der Waals surface area contributed by atoms with Gasteiger partial charge in [-0.05, 0) is 6.42 Å². The number of aromatic carboxylic acids is 1. The molecule has 2 rings (SSSR count). The van der Waals surface area contributed by atoms with E-state index in [0.717, 1.165) is 5.56 Å². The number of aromatic nitrogens is 4. The predicted molar refractivity (Wildman–Crippen MR) is 60.6 cm³/mol. The molecule has 0 amide bonds. The molecule has 17 heavy (non-hydrogen) atoms. The Hall–Kier alpha value is -2.24. The van der Waals surface area contributed by atoms with Crippen LogP contribution in [-0.2, 0) is 13.5 Å². The Kier molecular flexibility index (Phi) is 2.86. The van der Waals surface area contributed by atoms with Crippen LogP contribution in [0.4, 0.5) is 0 Å². The number of carboxylic acid groups (broad SMARTS) is 1. The van der Waals surface area contributed by atoms with E-state index in [-0.39, 0.29) is 5.56 Å². The van der Waals surface area contributed by atoms with Gasteiger partial charge in [-0.2, -0.15) is 5.10 Å². The molecule has 2 aromatic heterocycles. The molecule has 0 bridgehead atoms. The molecule has 0 aromatic carbocycles. The van der Waals surface area contributed by atoms with Crippen molar-refractivity contribution in [1.82, 2.24) is 19.7 Å². The number of rotatable bonds is 3. The minimum Gasteiger partial charge on any atom is -0.478 e. The highest BCUT2D eigenvalue weighted by Crippen LogP contribution is 2.15. The molecule has 0 aliphatic heterocycles. The van der Waals surface area contributed by atoms with E-state index in [4.69, 9.17) is 5.11 Å². The van der Waals surface area contributed by atoms with E-state index in [2.05, 4.69) is 15.1 Å². The van der Waals surface area contributed by atoms with Crippen molar-refractivity contribution in [2.45, 2.75) is 13.3 Å². The molecule has 0 aliphatic rings. The third kappa shape index (κ3) is 2.15. The molecule has 6 nitrogen and oxygen atoms in total. The maximum atomic E-state index is 10.9. The Morgan fingerprint density at radius 1 is 1.47 bits per heavy atom. The average molecular weight is 232 g/mol. The largest absolute Gasteiger partial charge is 0.478 e. The normalized spacial score (nSPS) is 10.5. The maximum absolute atomic E-state index is 10.9. The van der Waals surface area contributed by atoms with Gasteiger partial charge in [-0.3, -0.25) is 4.68 Å². The van der Waals surface area contributed by atoms with Gasteiger partial charge in [-0.1, -0.05) is 6.92 Å². The summed E-state index contributed by atoms with van der Waals surface area (Å²) in [6, 6.07) is 0. The molecule has 2 heterocycles. The minimum absolute atomic E-state index is 0.153. The summed E-state index contributed by atoms with van der Waals surface area (Å²) in [6.07, 6.45) is 5.33. The van der Waals surface area contributed by atoms with E-state index in [1.165, 1.54) is 6.20 Å². The van der Waals surface area contributed by atoms with E-state index in [1.807, 2.05) is 6.92 Å². The summed E-state index contributed by atoms with van der Waals surface area (Å²) < 4.78 is 1.65. The fourth-order valence-corrected chi connectivity index (χ4v) is 1.54. The van der Waals surface area contributed by atoms with Gasteiger partial charge in [0.25, 0.3) is 0 Å². The lowest BCUT2D eigenvalue weighted by Crippen LogP contribution is -2.06. The highest BCUT2D eigenvalue weighted by atomic mass is 16.4. The van der Waals surface area contributed by atoms with Gasteiger partial charge >= 0.3 is 5.97 Å². The van der Waals surface area contributed by atoms with Crippen molar-refractivity contribution in [3.63, 3.8) is 0 Å². The van der Waals surface area contributed by atoms with E-state index in [9.17, 15) is 4.79 Å².